The van der Waals surface area contributed by atoms with Crippen LogP contribution in [0, 0.1) is 23.7 Å². The normalized spacial score (nSPS) is 23.3. The van der Waals surface area contributed by atoms with Crippen molar-refractivity contribution in [3.05, 3.63) is 0 Å². The van der Waals surface area contributed by atoms with Gasteiger partial charge in [0.1, 0.15) is 24.9 Å². The van der Waals surface area contributed by atoms with Gasteiger partial charge in [0, 0.05) is 78.5 Å². The summed E-state index contributed by atoms with van der Waals surface area (Å²) >= 11 is 0. The summed E-state index contributed by atoms with van der Waals surface area (Å²) in [5.41, 5.74) is 0. The molecule has 0 aromatic rings. The van der Waals surface area contributed by atoms with Crippen LogP contribution in [0.2, 0.25) is 0 Å². The van der Waals surface area contributed by atoms with E-state index in [0.717, 1.165) is 130 Å². The lowest BCUT2D eigenvalue weighted by molar-refractivity contribution is -0.0262. The maximum absolute atomic E-state index is 13.9. The standard InChI is InChI=1S/C56H108N6O8/c1-9-17-25-47(13-5)51-57(37-43-65-51)29-33-61(34-30-58-38-44-66-52(58)48(14-6)26-18-10-2)55(63)69-41-23-21-22-24-42-70-56(64)62(35-31-59-39-45-67-53(59)49(15-7)27-19-11-3)36-32-60-40-46-68-54(60)50(16-8)28-20-12-4/h47-54H,9-46H2,1-8H3. The Balaban J connectivity index is 1.27. The minimum atomic E-state index is -0.227. The number of hydrogen-bond donors (Lipinski definition) is 0. The number of carbonyl (C=O) groups is 2. The van der Waals surface area contributed by atoms with Gasteiger partial charge in [-0.05, 0) is 101 Å². The molecule has 0 aliphatic carbocycles. The van der Waals surface area contributed by atoms with Crippen LogP contribution in [0.1, 0.15) is 184 Å². The predicted octanol–water partition coefficient (Wildman–Crippen LogP) is 10.9. The van der Waals surface area contributed by atoms with Crippen LogP contribution >= 0.6 is 0 Å². The van der Waals surface area contributed by atoms with E-state index in [-0.39, 0.29) is 37.1 Å². The fourth-order valence-corrected chi connectivity index (χ4v) is 11.5. The molecule has 70 heavy (non-hydrogen) atoms. The Hall–Kier alpha value is -1.78. The summed E-state index contributed by atoms with van der Waals surface area (Å²) in [7, 11) is 0. The molecule has 0 N–H and O–H groups in total. The molecule has 0 aromatic heterocycles. The number of unbranched alkanes of at least 4 members (excludes halogenated alkanes) is 7. The van der Waals surface area contributed by atoms with E-state index in [1.165, 1.54) is 77.0 Å². The summed E-state index contributed by atoms with van der Waals surface area (Å²) in [4.78, 5) is 41.4. The van der Waals surface area contributed by atoms with Crippen LogP contribution in [-0.2, 0) is 28.4 Å². The number of nitrogens with zero attached hydrogens (tertiary/aromatic N) is 6. The Morgan fingerprint density at radius 1 is 0.414 bits per heavy atom. The lowest BCUT2D eigenvalue weighted by Gasteiger charge is -2.33. The predicted molar refractivity (Wildman–Crippen MR) is 283 cm³/mol. The average Bonchev–Trinajstić information content (AvgIpc) is 4.23. The third kappa shape index (κ3) is 20.5. The van der Waals surface area contributed by atoms with Crippen molar-refractivity contribution in [2.45, 2.75) is 209 Å². The summed E-state index contributed by atoms with van der Waals surface area (Å²) in [5, 5.41) is 0. The summed E-state index contributed by atoms with van der Waals surface area (Å²) in [5.74, 6) is 2.04. The molecule has 0 saturated carbocycles. The van der Waals surface area contributed by atoms with Crippen LogP contribution in [0.15, 0.2) is 0 Å². The smallest absolute Gasteiger partial charge is 0.409 e. The van der Waals surface area contributed by atoms with Gasteiger partial charge in [0.15, 0.2) is 0 Å². The monoisotopic (exact) mass is 993 g/mol. The maximum Gasteiger partial charge on any atom is 0.409 e. The zero-order chi connectivity index (χ0) is 50.4. The minimum absolute atomic E-state index is 0.121. The van der Waals surface area contributed by atoms with E-state index >= 15 is 0 Å². The highest BCUT2D eigenvalue weighted by atomic mass is 16.6. The topological polar surface area (TPSA) is 109 Å². The van der Waals surface area contributed by atoms with Gasteiger partial charge in [-0.1, -0.05) is 107 Å². The van der Waals surface area contributed by atoms with Gasteiger partial charge < -0.3 is 38.2 Å². The highest BCUT2D eigenvalue weighted by Crippen LogP contribution is 2.30. The molecule has 14 heteroatoms. The lowest BCUT2D eigenvalue weighted by Crippen LogP contribution is -2.47. The maximum atomic E-state index is 13.9. The van der Waals surface area contributed by atoms with E-state index < -0.39 is 0 Å². The molecular weight excluding hydrogens is 885 g/mol. The van der Waals surface area contributed by atoms with Crippen molar-refractivity contribution < 1.29 is 38.0 Å². The van der Waals surface area contributed by atoms with E-state index in [1.54, 1.807) is 0 Å². The van der Waals surface area contributed by atoms with Crippen LogP contribution in [0.4, 0.5) is 9.59 Å². The number of hydrogen-bond acceptors (Lipinski definition) is 12. The molecule has 0 radical (unpaired) electrons. The zero-order valence-electron chi connectivity index (χ0n) is 46.4. The summed E-state index contributed by atoms with van der Waals surface area (Å²) in [6.45, 7) is 31.1. The van der Waals surface area contributed by atoms with Crippen molar-refractivity contribution in [1.82, 2.24) is 29.4 Å². The Morgan fingerprint density at radius 2 is 0.671 bits per heavy atom. The fraction of sp³-hybridized carbons (Fsp3) is 0.964. The Labute approximate surface area is 428 Å². The van der Waals surface area contributed by atoms with Crippen LogP contribution in [0.5, 0.6) is 0 Å². The number of amides is 2. The average molecular weight is 994 g/mol. The molecular formula is C56H108N6O8. The Morgan fingerprint density at radius 3 is 0.900 bits per heavy atom. The molecule has 0 spiro atoms. The zero-order valence-corrected chi connectivity index (χ0v) is 46.4. The SMILES string of the molecule is CCCCC(CC)C1OCCN1CCN(CCN1CCOC1C(CC)CCCC)C(=O)OCCCCCCOC(=O)N(CCN1CCOC1C(CC)CCCC)CCN1CCOC1C(CC)CCCC. The first-order chi connectivity index (χ1) is 34.3. The molecule has 4 aliphatic heterocycles. The van der Waals surface area contributed by atoms with Gasteiger partial charge in [-0.3, -0.25) is 19.6 Å². The number of ether oxygens (including phenoxy) is 6. The molecule has 8 atom stereocenters. The number of rotatable bonds is 39. The van der Waals surface area contributed by atoms with Crippen LogP contribution in [-0.4, -0.2) is 185 Å². The highest BCUT2D eigenvalue weighted by molar-refractivity contribution is 5.68. The van der Waals surface area contributed by atoms with Gasteiger partial charge in [0.25, 0.3) is 0 Å². The van der Waals surface area contributed by atoms with Gasteiger partial charge in [-0.25, -0.2) is 9.59 Å². The molecule has 410 valence electrons. The molecule has 8 unspecified atom stereocenters. The minimum Gasteiger partial charge on any atom is -0.449 e. The first kappa shape index (κ1) is 60.8. The number of carbonyl (C=O) groups excluding carboxylic acids is 2. The fourth-order valence-electron chi connectivity index (χ4n) is 11.5. The molecule has 4 heterocycles. The lowest BCUT2D eigenvalue weighted by atomic mass is 9.97. The van der Waals surface area contributed by atoms with Crippen molar-refractivity contribution in [3.8, 4) is 0 Å². The molecule has 4 fully saturated rings. The first-order valence-electron chi connectivity index (χ1n) is 29.5. The second-order valence-corrected chi connectivity index (χ2v) is 21.0. The molecule has 0 aromatic carbocycles. The molecule has 14 nitrogen and oxygen atoms in total. The first-order valence-corrected chi connectivity index (χ1v) is 29.5. The summed E-state index contributed by atoms with van der Waals surface area (Å²) in [6, 6.07) is 0. The summed E-state index contributed by atoms with van der Waals surface area (Å²) in [6.07, 6.45) is 22.1. The van der Waals surface area contributed by atoms with E-state index in [1.807, 2.05) is 9.80 Å². The quantitative estimate of drug-likeness (QED) is 0.0547. The molecule has 2 amide bonds. The molecule has 4 rings (SSSR count). The second kappa shape index (κ2) is 36.2. The largest absolute Gasteiger partial charge is 0.449 e. The van der Waals surface area contributed by atoms with Gasteiger partial charge in [0.05, 0.1) is 39.6 Å². The van der Waals surface area contributed by atoms with E-state index in [9.17, 15) is 9.59 Å². The van der Waals surface area contributed by atoms with Gasteiger partial charge in [-0.15, -0.1) is 0 Å². The van der Waals surface area contributed by atoms with Gasteiger partial charge >= 0.3 is 12.2 Å². The van der Waals surface area contributed by atoms with Crippen LogP contribution in [0.25, 0.3) is 0 Å². The van der Waals surface area contributed by atoms with E-state index in [4.69, 9.17) is 28.4 Å². The molecule has 0 bridgehead atoms. The van der Waals surface area contributed by atoms with E-state index in [0.29, 0.717) is 63.1 Å². The third-order valence-corrected chi connectivity index (χ3v) is 16.2. The third-order valence-electron chi connectivity index (χ3n) is 16.2. The van der Waals surface area contributed by atoms with Crippen LogP contribution in [0.3, 0.4) is 0 Å². The van der Waals surface area contributed by atoms with Crippen LogP contribution < -0.4 is 0 Å². The van der Waals surface area contributed by atoms with Crippen molar-refractivity contribution in [2.75, 3.05) is 118 Å². The van der Waals surface area contributed by atoms with Crippen molar-refractivity contribution in [2.24, 2.45) is 23.7 Å². The van der Waals surface area contributed by atoms with Crippen molar-refractivity contribution in [1.29, 1.82) is 0 Å². The van der Waals surface area contributed by atoms with Gasteiger partial charge in [-0.2, -0.15) is 0 Å². The van der Waals surface area contributed by atoms with Crippen molar-refractivity contribution in [3.63, 3.8) is 0 Å². The van der Waals surface area contributed by atoms with Crippen molar-refractivity contribution >= 4 is 12.2 Å². The summed E-state index contributed by atoms with van der Waals surface area (Å²) < 4.78 is 37.3. The Kier molecular flexibility index (Phi) is 31.4. The molecule has 4 aliphatic rings. The molecule has 4 saturated heterocycles. The van der Waals surface area contributed by atoms with Gasteiger partial charge in [0.2, 0.25) is 0 Å². The second-order valence-electron chi connectivity index (χ2n) is 21.0. The van der Waals surface area contributed by atoms with E-state index in [2.05, 4.69) is 75.0 Å². The highest BCUT2D eigenvalue weighted by Gasteiger charge is 2.36. The Bertz CT molecular complexity index is 1180.